The standard InChI is InChI=1S/C10H12N6O4S/c1-5(9-12-15-16-13-9)14-21(19,20)8-4-6(11)2-3-7(8)10(17)18/h2-5,14H,11H2,1H3,(H,17,18)(H,12,13,15,16). The van der Waals surface area contributed by atoms with Gasteiger partial charge in [-0.15, -0.1) is 10.2 Å². The molecule has 0 bridgehead atoms. The van der Waals surface area contributed by atoms with Crippen molar-refractivity contribution in [1.82, 2.24) is 25.3 Å². The molecular formula is C10H12N6O4S. The number of carboxylic acid groups (broad SMARTS) is 1. The third kappa shape index (κ3) is 3.14. The average Bonchev–Trinajstić information content (AvgIpc) is 2.91. The van der Waals surface area contributed by atoms with E-state index in [1.54, 1.807) is 0 Å². The van der Waals surface area contributed by atoms with Crippen LogP contribution in [0.15, 0.2) is 23.1 Å². The molecule has 0 aliphatic rings. The second-order valence-corrected chi connectivity index (χ2v) is 5.86. The number of aromatic carboxylic acids is 1. The smallest absolute Gasteiger partial charge is 0.337 e. The first kappa shape index (κ1) is 14.9. The molecule has 0 spiro atoms. The number of hydrogen-bond acceptors (Lipinski definition) is 7. The molecule has 0 radical (unpaired) electrons. The van der Waals surface area contributed by atoms with Gasteiger partial charge in [-0.1, -0.05) is 5.21 Å². The molecule has 2 rings (SSSR count). The average molecular weight is 312 g/mol. The van der Waals surface area contributed by atoms with Gasteiger partial charge in [0.1, 0.15) is 0 Å². The normalized spacial score (nSPS) is 13.0. The Kier molecular flexibility index (Phi) is 3.86. The van der Waals surface area contributed by atoms with Crippen LogP contribution < -0.4 is 10.5 Å². The number of nitrogens with zero attached hydrogens (tertiary/aromatic N) is 3. The molecular weight excluding hydrogens is 300 g/mol. The summed E-state index contributed by atoms with van der Waals surface area (Å²) in [6.07, 6.45) is 0. The van der Waals surface area contributed by atoms with E-state index in [2.05, 4.69) is 25.3 Å². The van der Waals surface area contributed by atoms with Gasteiger partial charge < -0.3 is 10.8 Å². The van der Waals surface area contributed by atoms with Crippen LogP contribution in [-0.4, -0.2) is 40.1 Å². The number of nitrogens with one attached hydrogen (secondary N) is 2. The van der Waals surface area contributed by atoms with Gasteiger partial charge in [0.05, 0.1) is 16.5 Å². The molecule has 0 fully saturated rings. The monoisotopic (exact) mass is 312 g/mol. The SMILES string of the molecule is CC(NS(=O)(=O)c1cc(N)ccc1C(=O)O)c1nn[nH]n1. The Morgan fingerprint density at radius 3 is 2.76 bits per heavy atom. The van der Waals surface area contributed by atoms with E-state index in [9.17, 15) is 13.2 Å². The molecule has 1 atom stereocenters. The van der Waals surface area contributed by atoms with Crippen LogP contribution in [-0.2, 0) is 10.0 Å². The Morgan fingerprint density at radius 2 is 2.19 bits per heavy atom. The van der Waals surface area contributed by atoms with Gasteiger partial charge >= 0.3 is 5.97 Å². The lowest BCUT2D eigenvalue weighted by molar-refractivity contribution is 0.0692. The van der Waals surface area contributed by atoms with Crippen molar-refractivity contribution in [2.45, 2.75) is 17.9 Å². The van der Waals surface area contributed by atoms with Gasteiger partial charge in [0, 0.05) is 5.69 Å². The number of anilines is 1. The van der Waals surface area contributed by atoms with Crippen molar-refractivity contribution < 1.29 is 18.3 Å². The van der Waals surface area contributed by atoms with E-state index >= 15 is 0 Å². The van der Waals surface area contributed by atoms with Crippen molar-refractivity contribution in [2.75, 3.05) is 5.73 Å². The molecule has 21 heavy (non-hydrogen) atoms. The predicted octanol–water partition coefficient (Wildman–Crippen LogP) is -0.480. The van der Waals surface area contributed by atoms with Gasteiger partial charge in [-0.2, -0.15) is 5.21 Å². The summed E-state index contributed by atoms with van der Waals surface area (Å²) in [7, 11) is -4.12. The van der Waals surface area contributed by atoms with Crippen molar-refractivity contribution >= 4 is 21.7 Å². The summed E-state index contributed by atoms with van der Waals surface area (Å²) in [5, 5.41) is 21.9. The minimum absolute atomic E-state index is 0.124. The highest BCUT2D eigenvalue weighted by Crippen LogP contribution is 2.21. The van der Waals surface area contributed by atoms with E-state index in [-0.39, 0.29) is 17.1 Å². The second-order valence-electron chi connectivity index (χ2n) is 4.17. The molecule has 0 saturated carbocycles. The van der Waals surface area contributed by atoms with E-state index in [1.165, 1.54) is 13.0 Å². The number of carbonyl (C=O) groups is 1. The number of benzene rings is 1. The summed E-state index contributed by atoms with van der Waals surface area (Å²) in [4.78, 5) is 10.7. The van der Waals surface area contributed by atoms with Crippen LogP contribution in [0.25, 0.3) is 0 Å². The molecule has 1 heterocycles. The number of rotatable bonds is 5. The molecule has 0 aliphatic carbocycles. The quantitative estimate of drug-likeness (QED) is 0.537. The predicted molar refractivity (Wildman–Crippen MR) is 70.7 cm³/mol. The number of nitrogens with two attached hydrogens (primary N) is 1. The van der Waals surface area contributed by atoms with Crippen LogP contribution in [0.1, 0.15) is 29.1 Å². The Morgan fingerprint density at radius 1 is 1.48 bits per heavy atom. The van der Waals surface area contributed by atoms with Crippen LogP contribution in [0.2, 0.25) is 0 Å². The van der Waals surface area contributed by atoms with Gasteiger partial charge in [-0.25, -0.2) is 17.9 Å². The molecule has 1 aromatic carbocycles. The summed E-state index contributed by atoms with van der Waals surface area (Å²) < 4.78 is 26.9. The highest BCUT2D eigenvalue weighted by Gasteiger charge is 2.26. The summed E-state index contributed by atoms with van der Waals surface area (Å²) in [6, 6.07) is 2.72. The highest BCUT2D eigenvalue weighted by molar-refractivity contribution is 7.89. The maximum atomic E-state index is 12.3. The van der Waals surface area contributed by atoms with Crippen molar-refractivity contribution in [3.8, 4) is 0 Å². The van der Waals surface area contributed by atoms with Crippen molar-refractivity contribution in [1.29, 1.82) is 0 Å². The fraction of sp³-hybridized carbons (Fsp3) is 0.200. The number of aromatic nitrogens is 4. The largest absolute Gasteiger partial charge is 0.478 e. The fourth-order valence-corrected chi connectivity index (χ4v) is 3.07. The molecule has 112 valence electrons. The van der Waals surface area contributed by atoms with E-state index in [1.807, 2.05) is 0 Å². The van der Waals surface area contributed by atoms with Crippen LogP contribution in [0.3, 0.4) is 0 Å². The Hall–Kier alpha value is -2.53. The summed E-state index contributed by atoms with van der Waals surface area (Å²) in [5.41, 5.74) is 5.28. The van der Waals surface area contributed by atoms with E-state index in [0.717, 1.165) is 12.1 Å². The summed E-state index contributed by atoms with van der Waals surface area (Å²) in [5.74, 6) is -1.25. The zero-order valence-electron chi connectivity index (χ0n) is 10.8. The third-order valence-electron chi connectivity index (χ3n) is 2.61. The number of aromatic amines is 1. The number of carboxylic acids is 1. The molecule has 1 aromatic heterocycles. The van der Waals surface area contributed by atoms with Crippen LogP contribution in [0, 0.1) is 0 Å². The topological polar surface area (TPSA) is 164 Å². The lowest BCUT2D eigenvalue weighted by Crippen LogP contribution is -2.29. The molecule has 2 aromatic rings. The van der Waals surface area contributed by atoms with Crippen LogP contribution in [0.5, 0.6) is 0 Å². The number of tetrazole rings is 1. The molecule has 5 N–H and O–H groups in total. The van der Waals surface area contributed by atoms with Gasteiger partial charge in [-0.05, 0) is 25.1 Å². The molecule has 0 amide bonds. The molecule has 1 unspecified atom stereocenters. The van der Waals surface area contributed by atoms with Gasteiger partial charge in [0.25, 0.3) is 0 Å². The maximum Gasteiger partial charge on any atom is 0.337 e. The fourth-order valence-electron chi connectivity index (χ4n) is 1.64. The summed E-state index contributed by atoms with van der Waals surface area (Å²) >= 11 is 0. The Balaban J connectivity index is 2.40. The number of nitrogen functional groups attached to an aromatic ring is 1. The first-order valence-corrected chi connectivity index (χ1v) is 7.18. The minimum atomic E-state index is -4.12. The van der Waals surface area contributed by atoms with Crippen LogP contribution in [0.4, 0.5) is 5.69 Å². The minimum Gasteiger partial charge on any atom is -0.478 e. The van der Waals surface area contributed by atoms with Gasteiger partial charge in [0.2, 0.25) is 10.0 Å². The third-order valence-corrected chi connectivity index (χ3v) is 4.19. The summed E-state index contributed by atoms with van der Waals surface area (Å²) in [6.45, 7) is 1.50. The van der Waals surface area contributed by atoms with E-state index < -0.39 is 26.9 Å². The first-order chi connectivity index (χ1) is 9.81. The maximum absolute atomic E-state index is 12.3. The molecule has 0 aliphatic heterocycles. The zero-order valence-corrected chi connectivity index (χ0v) is 11.6. The number of hydrogen-bond donors (Lipinski definition) is 4. The van der Waals surface area contributed by atoms with Gasteiger partial charge in [-0.3, -0.25) is 0 Å². The molecule has 0 saturated heterocycles. The Bertz CT molecular complexity index is 758. The molecule has 10 nitrogen and oxygen atoms in total. The first-order valence-electron chi connectivity index (χ1n) is 5.70. The zero-order chi connectivity index (χ0) is 15.6. The van der Waals surface area contributed by atoms with Gasteiger partial charge in [0.15, 0.2) is 5.82 Å². The van der Waals surface area contributed by atoms with Crippen LogP contribution >= 0.6 is 0 Å². The highest BCUT2D eigenvalue weighted by atomic mass is 32.2. The lowest BCUT2D eigenvalue weighted by atomic mass is 10.2. The van der Waals surface area contributed by atoms with E-state index in [4.69, 9.17) is 10.8 Å². The number of H-pyrrole nitrogens is 1. The van der Waals surface area contributed by atoms with Crippen molar-refractivity contribution in [2.24, 2.45) is 0 Å². The Labute approximate surface area is 119 Å². The second kappa shape index (κ2) is 5.46. The van der Waals surface area contributed by atoms with E-state index in [0.29, 0.717) is 0 Å². The van der Waals surface area contributed by atoms with Crippen molar-refractivity contribution in [3.05, 3.63) is 29.6 Å². The van der Waals surface area contributed by atoms with Crippen molar-refractivity contribution in [3.63, 3.8) is 0 Å². The number of sulfonamides is 1. The lowest BCUT2D eigenvalue weighted by Gasteiger charge is -2.13. The molecule has 11 heteroatoms.